The molecule has 0 saturated carbocycles. The molecule has 0 unspecified atom stereocenters. The third-order valence-corrected chi connectivity index (χ3v) is 3.16. The number of anilines is 2. The number of nitrogen functional groups attached to an aromatic ring is 1. The number of hydrogen-bond acceptors (Lipinski definition) is 3. The number of rotatable bonds is 2. The van der Waals surface area contributed by atoms with Gasteiger partial charge in [-0.05, 0) is 23.8 Å². The molecule has 0 amide bonds. The van der Waals surface area contributed by atoms with Gasteiger partial charge in [0.15, 0.2) is 0 Å². The molecule has 0 radical (unpaired) electrons. The van der Waals surface area contributed by atoms with Gasteiger partial charge >= 0.3 is 0 Å². The van der Waals surface area contributed by atoms with Crippen LogP contribution in [0.3, 0.4) is 0 Å². The maximum absolute atomic E-state index is 5.86. The standard InChI is InChI=1S/C15H16N2O.C2H6/c16-13-6-7-15-14(10-13)17(8-9-18-15)11-12-4-2-1-3-5-12;1-2/h1-7,10H,8-9,11,16H2;1-2H3. The van der Waals surface area contributed by atoms with Gasteiger partial charge in [0.2, 0.25) is 0 Å². The lowest BCUT2D eigenvalue weighted by Crippen LogP contribution is -2.32. The molecule has 0 spiro atoms. The SMILES string of the molecule is CC.Nc1ccc2c(c1)N(Cc1ccccc1)CCO2. The van der Waals surface area contributed by atoms with E-state index in [0.717, 1.165) is 36.8 Å². The number of benzene rings is 2. The second kappa shape index (κ2) is 6.85. The van der Waals surface area contributed by atoms with Crippen molar-refractivity contribution in [1.29, 1.82) is 0 Å². The molecule has 0 aliphatic carbocycles. The molecule has 1 heterocycles. The van der Waals surface area contributed by atoms with Crippen molar-refractivity contribution in [3.63, 3.8) is 0 Å². The van der Waals surface area contributed by atoms with Gasteiger partial charge in [-0.2, -0.15) is 0 Å². The number of fused-ring (bicyclic) bond motifs is 1. The third kappa shape index (κ3) is 3.23. The van der Waals surface area contributed by atoms with Crippen molar-refractivity contribution in [3.8, 4) is 5.75 Å². The fourth-order valence-electron chi connectivity index (χ4n) is 2.26. The van der Waals surface area contributed by atoms with Crippen LogP contribution in [0.1, 0.15) is 19.4 Å². The fraction of sp³-hybridized carbons (Fsp3) is 0.294. The van der Waals surface area contributed by atoms with Crippen LogP contribution in [0.2, 0.25) is 0 Å². The average Bonchev–Trinajstić information content (AvgIpc) is 2.51. The zero-order valence-electron chi connectivity index (χ0n) is 12.2. The van der Waals surface area contributed by atoms with Crippen molar-refractivity contribution in [2.24, 2.45) is 0 Å². The van der Waals surface area contributed by atoms with Gasteiger partial charge in [0.05, 0.1) is 12.2 Å². The van der Waals surface area contributed by atoms with Crippen LogP contribution in [0.25, 0.3) is 0 Å². The minimum absolute atomic E-state index is 0.726. The third-order valence-electron chi connectivity index (χ3n) is 3.16. The van der Waals surface area contributed by atoms with Crippen LogP contribution in [0.4, 0.5) is 11.4 Å². The predicted octanol–water partition coefficient (Wildman–Crippen LogP) is 3.69. The largest absolute Gasteiger partial charge is 0.490 e. The number of hydrogen-bond donors (Lipinski definition) is 1. The van der Waals surface area contributed by atoms with E-state index in [2.05, 4.69) is 29.2 Å². The van der Waals surface area contributed by atoms with Crippen LogP contribution < -0.4 is 15.4 Å². The number of ether oxygens (including phenoxy) is 1. The van der Waals surface area contributed by atoms with Gasteiger partial charge in [0.25, 0.3) is 0 Å². The van der Waals surface area contributed by atoms with Gasteiger partial charge in [-0.3, -0.25) is 0 Å². The minimum atomic E-state index is 0.726. The highest BCUT2D eigenvalue weighted by Gasteiger charge is 2.18. The summed E-state index contributed by atoms with van der Waals surface area (Å²) in [4.78, 5) is 2.31. The van der Waals surface area contributed by atoms with Crippen LogP contribution in [0, 0.1) is 0 Å². The Hall–Kier alpha value is -2.16. The summed E-state index contributed by atoms with van der Waals surface area (Å²) in [7, 11) is 0. The van der Waals surface area contributed by atoms with Crippen LogP contribution in [-0.2, 0) is 6.54 Å². The molecule has 2 aromatic rings. The highest BCUT2D eigenvalue weighted by atomic mass is 16.5. The number of nitrogens with zero attached hydrogens (tertiary/aromatic N) is 1. The van der Waals surface area contributed by atoms with Crippen molar-refractivity contribution < 1.29 is 4.74 Å². The van der Waals surface area contributed by atoms with E-state index >= 15 is 0 Å². The molecule has 0 bridgehead atoms. The summed E-state index contributed by atoms with van der Waals surface area (Å²) in [5.74, 6) is 0.923. The molecule has 0 fully saturated rings. The van der Waals surface area contributed by atoms with E-state index in [9.17, 15) is 0 Å². The van der Waals surface area contributed by atoms with E-state index < -0.39 is 0 Å². The van der Waals surface area contributed by atoms with E-state index in [1.807, 2.05) is 38.1 Å². The Morgan fingerprint density at radius 2 is 1.85 bits per heavy atom. The van der Waals surface area contributed by atoms with Crippen LogP contribution in [0.15, 0.2) is 48.5 Å². The first-order chi connectivity index (χ1) is 9.83. The lowest BCUT2D eigenvalue weighted by molar-refractivity contribution is 0.307. The van der Waals surface area contributed by atoms with Gasteiger partial charge < -0.3 is 15.4 Å². The smallest absolute Gasteiger partial charge is 0.142 e. The summed E-state index contributed by atoms with van der Waals surface area (Å²) in [6.07, 6.45) is 0. The zero-order valence-corrected chi connectivity index (χ0v) is 12.2. The lowest BCUT2D eigenvalue weighted by atomic mass is 10.1. The highest BCUT2D eigenvalue weighted by molar-refractivity contribution is 5.66. The summed E-state index contributed by atoms with van der Waals surface area (Å²) in [5, 5.41) is 0. The molecule has 106 valence electrons. The van der Waals surface area contributed by atoms with Gasteiger partial charge in [-0.25, -0.2) is 0 Å². The monoisotopic (exact) mass is 270 g/mol. The molecule has 0 atom stereocenters. The second-order valence-corrected chi connectivity index (χ2v) is 4.48. The molecular formula is C17H22N2O. The molecule has 1 aliphatic rings. The molecule has 1 aliphatic heterocycles. The lowest BCUT2D eigenvalue weighted by Gasteiger charge is -2.31. The van der Waals surface area contributed by atoms with E-state index in [4.69, 9.17) is 10.5 Å². The molecular weight excluding hydrogens is 248 g/mol. The predicted molar refractivity (Wildman–Crippen MR) is 85.2 cm³/mol. The van der Waals surface area contributed by atoms with Crippen molar-refractivity contribution in [2.75, 3.05) is 23.8 Å². The van der Waals surface area contributed by atoms with Gasteiger partial charge in [0.1, 0.15) is 12.4 Å². The quantitative estimate of drug-likeness (QED) is 0.846. The normalized spacial score (nSPS) is 12.8. The van der Waals surface area contributed by atoms with Crippen molar-refractivity contribution in [1.82, 2.24) is 0 Å². The molecule has 0 saturated heterocycles. The summed E-state index contributed by atoms with van der Waals surface area (Å²) >= 11 is 0. The Kier molecular flexibility index (Phi) is 4.88. The van der Waals surface area contributed by atoms with Gasteiger partial charge in [0, 0.05) is 12.2 Å². The first-order valence-corrected chi connectivity index (χ1v) is 7.14. The summed E-state index contributed by atoms with van der Waals surface area (Å²) in [5.41, 5.74) is 9.02. The summed E-state index contributed by atoms with van der Waals surface area (Å²) in [6, 6.07) is 16.3. The van der Waals surface area contributed by atoms with E-state index in [-0.39, 0.29) is 0 Å². The van der Waals surface area contributed by atoms with Crippen molar-refractivity contribution in [2.45, 2.75) is 20.4 Å². The molecule has 3 rings (SSSR count). The molecule has 20 heavy (non-hydrogen) atoms. The second-order valence-electron chi connectivity index (χ2n) is 4.48. The Balaban J connectivity index is 0.000000704. The fourth-order valence-corrected chi connectivity index (χ4v) is 2.26. The maximum Gasteiger partial charge on any atom is 0.142 e. The van der Waals surface area contributed by atoms with Crippen LogP contribution in [0.5, 0.6) is 5.75 Å². The first-order valence-electron chi connectivity index (χ1n) is 7.14. The van der Waals surface area contributed by atoms with Crippen LogP contribution in [-0.4, -0.2) is 13.2 Å². The summed E-state index contributed by atoms with van der Waals surface area (Å²) < 4.78 is 5.65. The maximum atomic E-state index is 5.86. The zero-order chi connectivity index (χ0) is 14.4. The minimum Gasteiger partial charge on any atom is -0.490 e. The van der Waals surface area contributed by atoms with E-state index in [1.165, 1.54) is 5.56 Å². The van der Waals surface area contributed by atoms with Gasteiger partial charge in [-0.15, -0.1) is 0 Å². The highest BCUT2D eigenvalue weighted by Crippen LogP contribution is 2.34. The Morgan fingerprint density at radius 3 is 2.60 bits per heavy atom. The topological polar surface area (TPSA) is 38.5 Å². The average molecular weight is 270 g/mol. The van der Waals surface area contributed by atoms with Gasteiger partial charge in [-0.1, -0.05) is 44.2 Å². The van der Waals surface area contributed by atoms with Crippen molar-refractivity contribution >= 4 is 11.4 Å². The molecule has 0 aromatic heterocycles. The Morgan fingerprint density at radius 1 is 1.10 bits per heavy atom. The Bertz CT molecular complexity index is 540. The summed E-state index contributed by atoms with van der Waals surface area (Å²) in [6.45, 7) is 6.51. The van der Waals surface area contributed by atoms with E-state index in [1.54, 1.807) is 0 Å². The number of nitrogens with two attached hydrogens (primary N) is 1. The van der Waals surface area contributed by atoms with E-state index in [0.29, 0.717) is 0 Å². The van der Waals surface area contributed by atoms with Crippen LogP contribution >= 0.6 is 0 Å². The van der Waals surface area contributed by atoms with Crippen molar-refractivity contribution in [3.05, 3.63) is 54.1 Å². The molecule has 3 heteroatoms. The molecule has 3 nitrogen and oxygen atoms in total. The molecule has 2 N–H and O–H groups in total. The Labute approximate surface area is 121 Å². The first kappa shape index (κ1) is 14.3. The molecule has 2 aromatic carbocycles.